The number of esters is 1. The van der Waals surface area contributed by atoms with Crippen LogP contribution in [0.4, 0.5) is 0 Å². The van der Waals surface area contributed by atoms with Gasteiger partial charge in [0.1, 0.15) is 11.7 Å². The lowest BCUT2D eigenvalue weighted by molar-refractivity contribution is -0.142. The molecule has 124 valence electrons. The van der Waals surface area contributed by atoms with Crippen molar-refractivity contribution < 1.29 is 9.53 Å². The van der Waals surface area contributed by atoms with E-state index in [4.69, 9.17) is 15.5 Å². The molecule has 0 saturated heterocycles. The largest absolute Gasteiger partial charge is 0.468 e. The van der Waals surface area contributed by atoms with Crippen LogP contribution in [0.15, 0.2) is 47.1 Å². The Kier molecular flexibility index (Phi) is 4.69. The Balaban J connectivity index is 2.14. The number of benzene rings is 1. The Hall–Kier alpha value is -2.18. The summed E-state index contributed by atoms with van der Waals surface area (Å²) in [6.45, 7) is 2.02. The molecule has 0 bridgehead atoms. The molecule has 1 unspecified atom stereocenters. The maximum absolute atomic E-state index is 11.7. The van der Waals surface area contributed by atoms with Crippen molar-refractivity contribution in [3.05, 3.63) is 58.3 Å². The van der Waals surface area contributed by atoms with E-state index in [-0.39, 0.29) is 0 Å². The molecule has 0 spiro atoms. The summed E-state index contributed by atoms with van der Waals surface area (Å²) in [5, 5.41) is 0. The molecular formula is C18H18BrN3O2. The number of pyridine rings is 1. The number of rotatable bonds is 4. The van der Waals surface area contributed by atoms with Gasteiger partial charge in [0, 0.05) is 22.7 Å². The number of carbonyl (C=O) groups excluding carboxylic acids is 1. The quantitative estimate of drug-likeness (QED) is 0.698. The summed E-state index contributed by atoms with van der Waals surface area (Å²) in [6, 6.07) is 11.2. The highest BCUT2D eigenvalue weighted by Gasteiger charge is 2.21. The van der Waals surface area contributed by atoms with Gasteiger partial charge in [-0.3, -0.25) is 4.79 Å². The second-order valence-corrected chi connectivity index (χ2v) is 6.60. The third kappa shape index (κ3) is 3.20. The molecule has 24 heavy (non-hydrogen) atoms. The van der Waals surface area contributed by atoms with Gasteiger partial charge in [0.25, 0.3) is 0 Å². The van der Waals surface area contributed by atoms with Gasteiger partial charge in [-0.2, -0.15) is 0 Å². The van der Waals surface area contributed by atoms with Crippen LogP contribution in [0.25, 0.3) is 16.9 Å². The predicted octanol–water partition coefficient (Wildman–Crippen LogP) is 3.12. The molecule has 0 aliphatic rings. The third-order valence-electron chi connectivity index (χ3n) is 3.92. The number of aryl methyl sites for hydroxylation is 1. The lowest BCUT2D eigenvalue weighted by Gasteiger charge is -2.11. The number of nitrogens with zero attached hydrogens (tertiary/aromatic N) is 2. The van der Waals surface area contributed by atoms with E-state index in [1.54, 1.807) is 0 Å². The summed E-state index contributed by atoms with van der Waals surface area (Å²) in [4.78, 5) is 16.5. The Morgan fingerprint density at radius 3 is 2.71 bits per heavy atom. The maximum Gasteiger partial charge on any atom is 0.323 e. The molecule has 1 atom stereocenters. The first-order valence-corrected chi connectivity index (χ1v) is 8.36. The summed E-state index contributed by atoms with van der Waals surface area (Å²) in [5.74, 6) is -0.432. The smallest absolute Gasteiger partial charge is 0.323 e. The van der Waals surface area contributed by atoms with Gasteiger partial charge < -0.3 is 14.9 Å². The number of halogens is 1. The van der Waals surface area contributed by atoms with E-state index >= 15 is 0 Å². The number of imidazole rings is 1. The van der Waals surface area contributed by atoms with Crippen LogP contribution < -0.4 is 5.73 Å². The van der Waals surface area contributed by atoms with E-state index in [0.717, 1.165) is 32.6 Å². The van der Waals surface area contributed by atoms with Crippen molar-refractivity contribution in [1.29, 1.82) is 0 Å². The van der Waals surface area contributed by atoms with Crippen molar-refractivity contribution in [3.63, 3.8) is 0 Å². The maximum atomic E-state index is 11.7. The lowest BCUT2D eigenvalue weighted by atomic mass is 10.1. The first-order valence-electron chi connectivity index (χ1n) is 7.56. The fraction of sp³-hybridized carbons (Fsp3) is 0.222. The van der Waals surface area contributed by atoms with Gasteiger partial charge in [0.15, 0.2) is 0 Å². The molecule has 1 aromatic carbocycles. The molecule has 0 saturated carbocycles. The van der Waals surface area contributed by atoms with Crippen LogP contribution in [0.5, 0.6) is 0 Å². The molecule has 2 N–H and O–H groups in total. The second kappa shape index (κ2) is 6.75. The summed E-state index contributed by atoms with van der Waals surface area (Å²) in [7, 11) is 1.34. The molecule has 0 aliphatic heterocycles. The standard InChI is InChI=1S/C18H18BrN3O2/c1-11-7-8-22-15(10-14(20)18(23)24-2)17(21-16(22)9-11)12-3-5-13(19)6-4-12/h3-9,14H,10,20H2,1-2H3. The number of fused-ring (bicyclic) bond motifs is 1. The SMILES string of the molecule is COC(=O)C(N)Cc1c(-c2ccc(Br)cc2)nc2cc(C)ccn12. The molecule has 0 amide bonds. The predicted molar refractivity (Wildman–Crippen MR) is 96.8 cm³/mol. The van der Waals surface area contributed by atoms with Crippen LogP contribution in [-0.2, 0) is 16.0 Å². The average molecular weight is 388 g/mol. The number of aromatic nitrogens is 2. The van der Waals surface area contributed by atoms with E-state index in [0.29, 0.717) is 6.42 Å². The molecule has 0 fully saturated rings. The van der Waals surface area contributed by atoms with Gasteiger partial charge >= 0.3 is 5.97 Å². The van der Waals surface area contributed by atoms with Crippen molar-refractivity contribution in [2.75, 3.05) is 7.11 Å². The fourth-order valence-corrected chi connectivity index (χ4v) is 2.94. The zero-order valence-corrected chi connectivity index (χ0v) is 15.1. The molecule has 5 nitrogen and oxygen atoms in total. The monoisotopic (exact) mass is 387 g/mol. The molecule has 2 heterocycles. The molecule has 3 aromatic rings. The van der Waals surface area contributed by atoms with Crippen LogP contribution in [0, 0.1) is 6.92 Å². The summed E-state index contributed by atoms with van der Waals surface area (Å²) in [5.41, 5.74) is 10.6. The first-order chi connectivity index (χ1) is 11.5. The minimum absolute atomic E-state index is 0.350. The van der Waals surface area contributed by atoms with Crippen LogP contribution in [0.1, 0.15) is 11.3 Å². The minimum Gasteiger partial charge on any atom is -0.468 e. The summed E-state index contributed by atoms with van der Waals surface area (Å²) >= 11 is 3.44. The van der Waals surface area contributed by atoms with Crippen LogP contribution >= 0.6 is 15.9 Å². The number of carbonyl (C=O) groups is 1. The minimum atomic E-state index is -0.731. The van der Waals surface area contributed by atoms with Crippen molar-refractivity contribution in [2.24, 2.45) is 5.73 Å². The molecule has 3 rings (SSSR count). The van der Waals surface area contributed by atoms with E-state index in [1.165, 1.54) is 7.11 Å². The zero-order chi connectivity index (χ0) is 17.3. The zero-order valence-electron chi connectivity index (χ0n) is 13.5. The topological polar surface area (TPSA) is 69.6 Å². The number of methoxy groups -OCH3 is 1. The molecule has 0 aliphatic carbocycles. The Morgan fingerprint density at radius 2 is 2.04 bits per heavy atom. The van der Waals surface area contributed by atoms with E-state index in [9.17, 15) is 4.79 Å². The van der Waals surface area contributed by atoms with E-state index < -0.39 is 12.0 Å². The van der Waals surface area contributed by atoms with Gasteiger partial charge in [0.05, 0.1) is 18.5 Å². The Bertz CT molecular complexity index is 887. The van der Waals surface area contributed by atoms with Crippen molar-refractivity contribution in [1.82, 2.24) is 9.38 Å². The second-order valence-electron chi connectivity index (χ2n) is 5.68. The van der Waals surface area contributed by atoms with Gasteiger partial charge in [-0.05, 0) is 36.8 Å². The highest BCUT2D eigenvalue weighted by atomic mass is 79.9. The van der Waals surface area contributed by atoms with E-state index in [1.807, 2.05) is 53.9 Å². The number of hydrogen-bond donors (Lipinski definition) is 1. The number of nitrogens with two attached hydrogens (primary N) is 1. The van der Waals surface area contributed by atoms with Gasteiger partial charge in [-0.15, -0.1) is 0 Å². The summed E-state index contributed by atoms with van der Waals surface area (Å²) < 4.78 is 7.73. The van der Waals surface area contributed by atoms with Gasteiger partial charge in [0.2, 0.25) is 0 Å². The van der Waals surface area contributed by atoms with Gasteiger partial charge in [-0.1, -0.05) is 28.1 Å². The summed E-state index contributed by atoms with van der Waals surface area (Å²) in [6.07, 6.45) is 2.31. The lowest BCUT2D eigenvalue weighted by Crippen LogP contribution is -2.34. The highest BCUT2D eigenvalue weighted by molar-refractivity contribution is 9.10. The van der Waals surface area contributed by atoms with Crippen molar-refractivity contribution >= 4 is 27.5 Å². The average Bonchev–Trinajstić information content (AvgIpc) is 2.92. The molecule has 6 heteroatoms. The first kappa shape index (κ1) is 16.7. The molecule has 0 radical (unpaired) electrons. The van der Waals surface area contributed by atoms with Crippen molar-refractivity contribution in [2.45, 2.75) is 19.4 Å². The van der Waals surface area contributed by atoms with Crippen LogP contribution in [0.2, 0.25) is 0 Å². The normalized spacial score (nSPS) is 12.3. The number of hydrogen-bond acceptors (Lipinski definition) is 4. The Morgan fingerprint density at radius 1 is 1.33 bits per heavy atom. The molecule has 2 aromatic heterocycles. The highest BCUT2D eigenvalue weighted by Crippen LogP contribution is 2.27. The third-order valence-corrected chi connectivity index (χ3v) is 4.44. The van der Waals surface area contributed by atoms with Gasteiger partial charge in [-0.25, -0.2) is 4.98 Å². The van der Waals surface area contributed by atoms with Crippen LogP contribution in [-0.4, -0.2) is 28.5 Å². The van der Waals surface area contributed by atoms with Crippen molar-refractivity contribution in [3.8, 4) is 11.3 Å². The fourth-order valence-electron chi connectivity index (χ4n) is 2.67. The Labute approximate surface area is 148 Å². The molecular weight excluding hydrogens is 370 g/mol. The van der Waals surface area contributed by atoms with E-state index in [2.05, 4.69) is 15.9 Å². The van der Waals surface area contributed by atoms with Crippen LogP contribution in [0.3, 0.4) is 0 Å². The number of ether oxygens (including phenoxy) is 1.